The van der Waals surface area contributed by atoms with Gasteiger partial charge in [-0.1, -0.05) is 64.9 Å². The molecule has 0 aliphatic carbocycles. The summed E-state index contributed by atoms with van der Waals surface area (Å²) in [6, 6.07) is 4.60. The lowest BCUT2D eigenvalue weighted by Crippen LogP contribution is -2.31. The Labute approximate surface area is 164 Å². The minimum absolute atomic E-state index is 0.631. The average Bonchev–Trinajstić information content (AvgIpc) is 2.65. The fourth-order valence-corrected chi connectivity index (χ4v) is 6.81. The van der Waals surface area contributed by atoms with E-state index in [0.29, 0.717) is 4.58 Å². The van der Waals surface area contributed by atoms with Crippen molar-refractivity contribution in [3.63, 3.8) is 0 Å². The Morgan fingerprint density at radius 1 is 1.08 bits per heavy atom. The molecule has 0 aromatic carbocycles. The van der Waals surface area contributed by atoms with Gasteiger partial charge in [-0.15, -0.1) is 23.5 Å². The number of rotatable bonds is 12. The van der Waals surface area contributed by atoms with E-state index in [2.05, 4.69) is 66.1 Å². The van der Waals surface area contributed by atoms with Crippen molar-refractivity contribution in [3.8, 4) is 0 Å². The van der Waals surface area contributed by atoms with Gasteiger partial charge < -0.3 is 0 Å². The fourth-order valence-electron chi connectivity index (χ4n) is 3.38. The van der Waals surface area contributed by atoms with Crippen LogP contribution in [0.1, 0.15) is 81.3 Å². The summed E-state index contributed by atoms with van der Waals surface area (Å²) in [4.78, 5) is 0. The number of nitrogens with zero attached hydrogens (tertiary/aromatic N) is 1. The number of pyridine rings is 1. The molecule has 1 aliphatic heterocycles. The van der Waals surface area contributed by atoms with Crippen molar-refractivity contribution in [1.82, 2.24) is 0 Å². The lowest BCUT2D eigenvalue weighted by Gasteiger charge is -2.28. The number of hydrogen-bond donors (Lipinski definition) is 0. The first kappa shape index (κ1) is 20.9. The highest BCUT2D eigenvalue weighted by Gasteiger charge is 2.24. The van der Waals surface area contributed by atoms with Crippen molar-refractivity contribution in [2.75, 3.05) is 5.75 Å². The van der Waals surface area contributed by atoms with Gasteiger partial charge in [-0.3, -0.25) is 0 Å². The van der Waals surface area contributed by atoms with Gasteiger partial charge in [0.05, 0.1) is 4.58 Å². The van der Waals surface area contributed by atoms with Crippen LogP contribution < -0.4 is 4.57 Å². The first-order valence-electron chi connectivity index (χ1n) is 10.2. The molecule has 0 radical (unpaired) electrons. The van der Waals surface area contributed by atoms with Crippen LogP contribution in [0.4, 0.5) is 0 Å². The van der Waals surface area contributed by atoms with Gasteiger partial charge in [0, 0.05) is 17.4 Å². The van der Waals surface area contributed by atoms with Crippen LogP contribution in [-0.2, 0) is 6.54 Å². The Bertz CT molecular complexity index is 471. The standard InChI is InChI=1S/C22H36NS2/c1-3-5-6-7-8-9-10-11-12-21-15-19-24-22(25-21)20-13-17-23(16-4-2)18-14-20/h4,13-14,17-18,21-22H,2-3,5-12,15-16,19H2,1H3/q+1. The summed E-state index contributed by atoms with van der Waals surface area (Å²) in [5, 5.41) is 0.867. The third-order valence-corrected chi connectivity index (χ3v) is 8.10. The monoisotopic (exact) mass is 378 g/mol. The highest BCUT2D eigenvalue weighted by atomic mass is 32.2. The lowest BCUT2D eigenvalue weighted by molar-refractivity contribution is -0.687. The van der Waals surface area contributed by atoms with E-state index >= 15 is 0 Å². The maximum absolute atomic E-state index is 3.81. The van der Waals surface area contributed by atoms with Gasteiger partial charge in [-0.05, 0) is 30.2 Å². The van der Waals surface area contributed by atoms with E-state index in [9.17, 15) is 0 Å². The van der Waals surface area contributed by atoms with Gasteiger partial charge in [0.25, 0.3) is 0 Å². The van der Waals surface area contributed by atoms with Gasteiger partial charge in [0.2, 0.25) is 0 Å². The Morgan fingerprint density at radius 2 is 1.76 bits per heavy atom. The molecule has 3 heteroatoms. The molecule has 0 bridgehead atoms. The Balaban J connectivity index is 1.64. The molecule has 140 valence electrons. The second-order valence-electron chi connectivity index (χ2n) is 7.13. The van der Waals surface area contributed by atoms with Crippen molar-refractivity contribution in [2.24, 2.45) is 0 Å². The quantitative estimate of drug-likeness (QED) is 0.220. The predicted octanol–water partition coefficient (Wildman–Crippen LogP) is 6.93. The Morgan fingerprint density at radius 3 is 2.44 bits per heavy atom. The van der Waals surface area contributed by atoms with E-state index in [1.807, 2.05) is 6.08 Å². The molecular formula is C22H36NS2+. The van der Waals surface area contributed by atoms with Crippen LogP contribution in [0.5, 0.6) is 0 Å². The SMILES string of the molecule is C=CC[n+]1ccc(C2SCCC(CCCCCCCCCC)S2)cc1. The van der Waals surface area contributed by atoms with Crippen LogP contribution in [0.15, 0.2) is 37.2 Å². The summed E-state index contributed by atoms with van der Waals surface area (Å²) in [6.45, 7) is 7.00. The third-order valence-electron chi connectivity index (χ3n) is 4.93. The molecule has 2 heterocycles. The number of allylic oxidation sites excluding steroid dienone is 1. The molecular weight excluding hydrogens is 342 g/mol. The fraction of sp³-hybridized carbons (Fsp3) is 0.682. The first-order valence-corrected chi connectivity index (χ1v) is 12.2. The Kier molecular flexibility index (Phi) is 10.8. The second-order valence-corrected chi connectivity index (χ2v) is 10.1. The summed E-state index contributed by atoms with van der Waals surface area (Å²) < 4.78 is 2.82. The zero-order chi connectivity index (χ0) is 17.7. The van der Waals surface area contributed by atoms with Crippen molar-refractivity contribution in [1.29, 1.82) is 0 Å². The zero-order valence-electron chi connectivity index (χ0n) is 16.0. The molecule has 2 atom stereocenters. The van der Waals surface area contributed by atoms with E-state index < -0.39 is 0 Å². The minimum atomic E-state index is 0.631. The summed E-state index contributed by atoms with van der Waals surface area (Å²) in [7, 11) is 0. The predicted molar refractivity (Wildman–Crippen MR) is 115 cm³/mol. The zero-order valence-corrected chi connectivity index (χ0v) is 17.6. The number of unbranched alkanes of at least 4 members (excludes halogenated alkanes) is 7. The largest absolute Gasteiger partial charge is 0.201 e. The molecule has 1 nitrogen and oxygen atoms in total. The van der Waals surface area contributed by atoms with E-state index in [-0.39, 0.29) is 0 Å². The molecule has 2 rings (SSSR count). The smallest absolute Gasteiger partial charge is 0.169 e. The van der Waals surface area contributed by atoms with E-state index in [1.165, 1.54) is 75.5 Å². The third kappa shape index (κ3) is 8.21. The molecule has 1 saturated heterocycles. The van der Waals surface area contributed by atoms with Crippen LogP contribution in [0, 0.1) is 0 Å². The molecule has 25 heavy (non-hydrogen) atoms. The summed E-state index contributed by atoms with van der Waals surface area (Å²) in [5.74, 6) is 1.32. The van der Waals surface area contributed by atoms with Crippen molar-refractivity contribution < 1.29 is 4.57 Å². The molecule has 2 unspecified atom stereocenters. The highest BCUT2D eigenvalue weighted by molar-refractivity contribution is 8.17. The molecule has 0 N–H and O–H groups in total. The maximum Gasteiger partial charge on any atom is 0.169 e. The van der Waals surface area contributed by atoms with Crippen LogP contribution in [-0.4, -0.2) is 11.0 Å². The van der Waals surface area contributed by atoms with E-state index in [0.717, 1.165) is 11.8 Å². The topological polar surface area (TPSA) is 3.88 Å². The number of thioether (sulfide) groups is 2. The van der Waals surface area contributed by atoms with Gasteiger partial charge in [0.1, 0.15) is 0 Å². The first-order chi connectivity index (χ1) is 12.3. The lowest BCUT2D eigenvalue weighted by atomic mass is 10.1. The van der Waals surface area contributed by atoms with Gasteiger partial charge in [-0.2, -0.15) is 0 Å². The average molecular weight is 379 g/mol. The molecule has 1 aromatic rings. The number of aromatic nitrogens is 1. The molecule has 0 spiro atoms. The van der Waals surface area contributed by atoms with Crippen molar-refractivity contribution in [2.45, 2.75) is 87.5 Å². The summed E-state index contributed by atoms with van der Waals surface area (Å²) >= 11 is 4.34. The molecule has 1 fully saturated rings. The molecule has 1 aliphatic rings. The van der Waals surface area contributed by atoms with Gasteiger partial charge in [0.15, 0.2) is 18.9 Å². The van der Waals surface area contributed by atoms with Crippen LogP contribution in [0.25, 0.3) is 0 Å². The molecule has 0 amide bonds. The number of hydrogen-bond acceptors (Lipinski definition) is 2. The summed E-state index contributed by atoms with van der Waals surface area (Å²) in [5.41, 5.74) is 1.48. The molecule has 1 aromatic heterocycles. The normalized spacial score (nSPS) is 20.5. The van der Waals surface area contributed by atoms with Crippen LogP contribution in [0.3, 0.4) is 0 Å². The maximum atomic E-state index is 3.81. The van der Waals surface area contributed by atoms with Gasteiger partial charge >= 0.3 is 0 Å². The Hall–Kier alpha value is -0.410. The highest BCUT2D eigenvalue weighted by Crippen LogP contribution is 2.48. The van der Waals surface area contributed by atoms with Gasteiger partial charge in [-0.25, -0.2) is 4.57 Å². The van der Waals surface area contributed by atoms with Crippen LogP contribution >= 0.6 is 23.5 Å². The van der Waals surface area contributed by atoms with Crippen molar-refractivity contribution >= 4 is 23.5 Å². The van der Waals surface area contributed by atoms with Crippen molar-refractivity contribution in [3.05, 3.63) is 42.7 Å². The van der Waals surface area contributed by atoms with Crippen LogP contribution in [0.2, 0.25) is 0 Å². The second kappa shape index (κ2) is 12.9. The minimum Gasteiger partial charge on any atom is -0.201 e. The van der Waals surface area contributed by atoms with E-state index in [1.54, 1.807) is 0 Å². The molecule has 0 saturated carbocycles. The summed E-state index contributed by atoms with van der Waals surface area (Å²) in [6.07, 6.45) is 20.6. The van der Waals surface area contributed by atoms with E-state index in [4.69, 9.17) is 0 Å².